The van der Waals surface area contributed by atoms with Gasteiger partial charge in [-0.05, 0) is 6.42 Å². The minimum absolute atomic E-state index is 0.132. The normalized spacial score (nSPS) is 17.5. The minimum atomic E-state index is -4.40. The summed E-state index contributed by atoms with van der Waals surface area (Å²) in [5, 5.41) is 12.4. The molecule has 12 heteroatoms. The van der Waals surface area contributed by atoms with Crippen LogP contribution in [0.4, 0.5) is 13.2 Å². The molecule has 0 spiro atoms. The molecule has 28 heavy (non-hydrogen) atoms. The molecule has 0 saturated heterocycles. The predicted molar refractivity (Wildman–Crippen MR) is 98.2 cm³/mol. The van der Waals surface area contributed by atoms with Gasteiger partial charge in [0.25, 0.3) is 0 Å². The van der Waals surface area contributed by atoms with E-state index in [-0.39, 0.29) is 6.04 Å². The zero-order valence-electron chi connectivity index (χ0n) is 15.6. The number of aliphatic imine (C=N–C) groups is 1. The summed E-state index contributed by atoms with van der Waals surface area (Å²) in [5.41, 5.74) is -0.839. The second-order valence-corrected chi connectivity index (χ2v) is 7.26. The summed E-state index contributed by atoms with van der Waals surface area (Å²) >= 11 is 1.01. The van der Waals surface area contributed by atoms with Gasteiger partial charge in [0.2, 0.25) is 0 Å². The van der Waals surface area contributed by atoms with Crippen molar-refractivity contribution in [2.24, 2.45) is 4.99 Å². The van der Waals surface area contributed by atoms with Crippen LogP contribution in [0.5, 0.6) is 0 Å². The molecule has 1 aliphatic heterocycles. The highest BCUT2D eigenvalue weighted by molar-refractivity contribution is 7.09. The lowest BCUT2D eigenvalue weighted by atomic mass is 10.1. The molecule has 154 valence electrons. The van der Waals surface area contributed by atoms with E-state index >= 15 is 0 Å². The van der Waals surface area contributed by atoms with E-state index in [9.17, 15) is 13.2 Å². The first-order valence-corrected chi connectivity index (χ1v) is 9.67. The summed E-state index contributed by atoms with van der Waals surface area (Å²) in [6.45, 7) is 1.48. The Kier molecular flexibility index (Phi) is 6.50. The SMILES string of the molecule is CN=C(NCCc1nc(C(F)(F)F)cs1)NC1CCc2nc(COC)nn2C1. The Bertz CT molecular complexity index is 818. The Morgan fingerprint density at radius 3 is 2.93 bits per heavy atom. The highest BCUT2D eigenvalue weighted by Gasteiger charge is 2.33. The van der Waals surface area contributed by atoms with Gasteiger partial charge in [-0.1, -0.05) is 0 Å². The monoisotopic (exact) mass is 417 g/mol. The fraction of sp³-hybridized carbons (Fsp3) is 0.625. The zero-order valence-corrected chi connectivity index (χ0v) is 16.4. The fourth-order valence-electron chi connectivity index (χ4n) is 2.90. The van der Waals surface area contributed by atoms with Gasteiger partial charge in [0.1, 0.15) is 12.4 Å². The van der Waals surface area contributed by atoms with Gasteiger partial charge in [0.15, 0.2) is 17.5 Å². The molecule has 0 fully saturated rings. The molecule has 2 N–H and O–H groups in total. The van der Waals surface area contributed by atoms with Gasteiger partial charge in [-0.3, -0.25) is 4.99 Å². The summed E-state index contributed by atoms with van der Waals surface area (Å²) in [4.78, 5) is 12.3. The van der Waals surface area contributed by atoms with E-state index in [1.165, 1.54) is 0 Å². The van der Waals surface area contributed by atoms with Crippen molar-refractivity contribution in [1.82, 2.24) is 30.4 Å². The smallest absolute Gasteiger partial charge is 0.377 e. The highest BCUT2D eigenvalue weighted by atomic mass is 32.1. The summed E-state index contributed by atoms with van der Waals surface area (Å²) in [6, 6.07) is 0.132. The van der Waals surface area contributed by atoms with E-state index in [1.54, 1.807) is 14.2 Å². The Hall–Kier alpha value is -2.21. The number of hydrogen-bond donors (Lipinski definition) is 2. The Morgan fingerprint density at radius 1 is 1.43 bits per heavy atom. The number of thiazole rings is 1. The van der Waals surface area contributed by atoms with Gasteiger partial charge in [-0.2, -0.15) is 18.3 Å². The van der Waals surface area contributed by atoms with E-state index in [0.29, 0.717) is 42.9 Å². The number of nitrogens with zero attached hydrogens (tertiary/aromatic N) is 5. The average molecular weight is 417 g/mol. The molecule has 0 aromatic carbocycles. The number of alkyl halides is 3. The lowest BCUT2D eigenvalue weighted by Gasteiger charge is -2.25. The molecule has 2 aromatic heterocycles. The van der Waals surface area contributed by atoms with Crippen LogP contribution < -0.4 is 10.6 Å². The topological polar surface area (TPSA) is 89.2 Å². The van der Waals surface area contributed by atoms with Crippen molar-refractivity contribution in [2.75, 3.05) is 20.7 Å². The third-order valence-corrected chi connectivity index (χ3v) is 5.12. The Balaban J connectivity index is 1.47. The van der Waals surface area contributed by atoms with Gasteiger partial charge in [-0.15, -0.1) is 11.3 Å². The predicted octanol–water partition coefficient (Wildman–Crippen LogP) is 1.62. The molecule has 2 aromatic rings. The molecule has 1 unspecified atom stereocenters. The first-order chi connectivity index (χ1) is 13.4. The third kappa shape index (κ3) is 5.19. The standard InChI is InChI=1S/C16H22F3N7OS/c1-20-15(21-6-5-14-23-11(9-28-14)16(17,18)19)22-10-3-4-13-24-12(8-27-2)25-26(13)7-10/h9-10H,3-8H2,1-2H3,(H2,20,21,22). The first kappa shape index (κ1) is 20.5. The highest BCUT2D eigenvalue weighted by Crippen LogP contribution is 2.30. The van der Waals surface area contributed by atoms with E-state index in [2.05, 4.69) is 30.7 Å². The number of aryl methyl sites for hydroxylation is 1. The molecule has 0 aliphatic carbocycles. The van der Waals surface area contributed by atoms with Gasteiger partial charge in [-0.25, -0.2) is 14.6 Å². The molecular weight excluding hydrogens is 395 g/mol. The van der Waals surface area contributed by atoms with Crippen molar-refractivity contribution in [3.63, 3.8) is 0 Å². The number of ether oxygens (including phenoxy) is 1. The largest absolute Gasteiger partial charge is 0.434 e. The quantitative estimate of drug-likeness (QED) is 0.549. The van der Waals surface area contributed by atoms with E-state index in [4.69, 9.17) is 4.74 Å². The first-order valence-electron chi connectivity index (χ1n) is 8.79. The van der Waals surface area contributed by atoms with Gasteiger partial charge in [0, 0.05) is 45.0 Å². The zero-order chi connectivity index (χ0) is 20.1. The van der Waals surface area contributed by atoms with E-state index in [0.717, 1.165) is 35.4 Å². The van der Waals surface area contributed by atoms with E-state index < -0.39 is 11.9 Å². The maximum atomic E-state index is 12.6. The number of guanidine groups is 1. The molecule has 3 heterocycles. The number of halogens is 3. The van der Waals surface area contributed by atoms with Crippen molar-refractivity contribution in [2.45, 2.75) is 44.6 Å². The molecule has 0 radical (unpaired) electrons. The van der Waals surface area contributed by atoms with Crippen LogP contribution in [0, 0.1) is 0 Å². The number of rotatable bonds is 6. The molecule has 0 saturated carbocycles. The van der Waals surface area contributed by atoms with Crippen LogP contribution in [0.2, 0.25) is 0 Å². The maximum Gasteiger partial charge on any atom is 0.434 e. The van der Waals surface area contributed by atoms with Gasteiger partial charge >= 0.3 is 6.18 Å². The van der Waals surface area contributed by atoms with Crippen molar-refractivity contribution in [3.05, 3.63) is 27.7 Å². The molecular formula is C16H22F3N7OS. The summed E-state index contributed by atoms with van der Waals surface area (Å²) < 4.78 is 44.7. The van der Waals surface area contributed by atoms with Crippen molar-refractivity contribution in [3.8, 4) is 0 Å². The van der Waals surface area contributed by atoms with Crippen LogP contribution in [0.15, 0.2) is 10.4 Å². The molecule has 0 amide bonds. The van der Waals surface area contributed by atoms with Crippen LogP contribution >= 0.6 is 11.3 Å². The molecule has 1 aliphatic rings. The van der Waals surface area contributed by atoms with Crippen LogP contribution in [-0.2, 0) is 36.9 Å². The average Bonchev–Trinajstić information content (AvgIpc) is 3.27. The summed E-state index contributed by atoms with van der Waals surface area (Å²) in [7, 11) is 3.26. The number of aromatic nitrogens is 4. The molecule has 8 nitrogen and oxygen atoms in total. The van der Waals surface area contributed by atoms with Gasteiger partial charge < -0.3 is 15.4 Å². The Morgan fingerprint density at radius 2 is 2.25 bits per heavy atom. The number of nitrogens with one attached hydrogen (secondary N) is 2. The second kappa shape index (κ2) is 8.86. The molecule has 1 atom stereocenters. The van der Waals surface area contributed by atoms with Gasteiger partial charge in [0.05, 0.1) is 11.6 Å². The van der Waals surface area contributed by atoms with E-state index in [1.807, 2.05) is 4.68 Å². The molecule has 3 rings (SSSR count). The van der Waals surface area contributed by atoms with Crippen LogP contribution in [0.25, 0.3) is 0 Å². The van der Waals surface area contributed by atoms with Crippen LogP contribution in [-0.4, -0.2) is 52.5 Å². The third-order valence-electron chi connectivity index (χ3n) is 4.21. The second-order valence-electron chi connectivity index (χ2n) is 6.31. The van der Waals surface area contributed by atoms with Crippen molar-refractivity contribution < 1.29 is 17.9 Å². The minimum Gasteiger partial charge on any atom is -0.377 e. The molecule has 0 bridgehead atoms. The van der Waals surface area contributed by atoms with Crippen LogP contribution in [0.3, 0.4) is 0 Å². The fourth-order valence-corrected chi connectivity index (χ4v) is 3.71. The lowest BCUT2D eigenvalue weighted by molar-refractivity contribution is -0.140. The number of fused-ring (bicyclic) bond motifs is 1. The number of methoxy groups -OCH3 is 1. The summed E-state index contributed by atoms with van der Waals surface area (Å²) in [5.74, 6) is 2.21. The van der Waals surface area contributed by atoms with Crippen molar-refractivity contribution >= 4 is 17.3 Å². The Labute approximate surface area is 164 Å². The van der Waals surface area contributed by atoms with Crippen molar-refractivity contribution in [1.29, 1.82) is 0 Å². The maximum absolute atomic E-state index is 12.6. The van der Waals surface area contributed by atoms with Crippen LogP contribution in [0.1, 0.15) is 28.8 Å². The number of hydrogen-bond acceptors (Lipinski definition) is 6. The summed E-state index contributed by atoms with van der Waals surface area (Å²) in [6.07, 6.45) is -2.33. The lowest BCUT2D eigenvalue weighted by Crippen LogP contribution is -2.47.